The number of benzene rings is 1. The van der Waals surface area contributed by atoms with Gasteiger partial charge in [0.25, 0.3) is 5.91 Å². The second kappa shape index (κ2) is 5.30. The zero-order chi connectivity index (χ0) is 13.1. The molecule has 18 heavy (non-hydrogen) atoms. The summed E-state index contributed by atoms with van der Waals surface area (Å²) in [5.41, 5.74) is 7.45. The van der Waals surface area contributed by atoms with Gasteiger partial charge in [0.1, 0.15) is 11.6 Å². The van der Waals surface area contributed by atoms with E-state index in [4.69, 9.17) is 5.73 Å². The number of nitrogen functional groups attached to an aromatic ring is 1. The molecule has 1 aromatic carbocycles. The highest BCUT2D eigenvalue weighted by atomic mass is 19.1. The number of anilines is 1. The second-order valence-electron chi connectivity index (χ2n) is 4.34. The number of amides is 1. The molecule has 0 aromatic heterocycles. The maximum Gasteiger partial charge on any atom is 0.268 e. The summed E-state index contributed by atoms with van der Waals surface area (Å²) in [5.74, 6) is -2.36. The van der Waals surface area contributed by atoms with Crippen molar-refractivity contribution in [1.29, 1.82) is 0 Å². The quantitative estimate of drug-likeness (QED) is 0.790. The molecule has 1 saturated heterocycles. The lowest BCUT2D eigenvalue weighted by molar-refractivity contribution is 0.0746. The third-order valence-corrected chi connectivity index (χ3v) is 2.95. The lowest BCUT2D eigenvalue weighted by atomic mass is 10.1. The van der Waals surface area contributed by atoms with Gasteiger partial charge in [-0.3, -0.25) is 10.2 Å². The molecule has 1 aliphatic rings. The van der Waals surface area contributed by atoms with Gasteiger partial charge in [0.2, 0.25) is 0 Å². The van der Waals surface area contributed by atoms with Crippen LogP contribution in [0.5, 0.6) is 0 Å². The van der Waals surface area contributed by atoms with E-state index in [9.17, 15) is 13.6 Å². The van der Waals surface area contributed by atoms with Crippen molar-refractivity contribution in [1.82, 2.24) is 10.4 Å². The van der Waals surface area contributed by atoms with Gasteiger partial charge in [0.15, 0.2) is 0 Å². The molecule has 0 radical (unpaired) electrons. The Kier molecular flexibility index (Phi) is 3.76. The van der Waals surface area contributed by atoms with Gasteiger partial charge in [-0.2, -0.15) is 0 Å². The number of hydrogen-bond acceptors (Lipinski definition) is 3. The molecular weight excluding hydrogens is 240 g/mol. The predicted molar refractivity (Wildman–Crippen MR) is 63.7 cm³/mol. The van der Waals surface area contributed by atoms with E-state index < -0.39 is 17.5 Å². The van der Waals surface area contributed by atoms with Gasteiger partial charge in [-0.1, -0.05) is 6.42 Å². The van der Waals surface area contributed by atoms with Crippen LogP contribution in [0.25, 0.3) is 0 Å². The van der Waals surface area contributed by atoms with Crippen molar-refractivity contribution in [3.05, 3.63) is 29.3 Å². The van der Waals surface area contributed by atoms with Crippen molar-refractivity contribution < 1.29 is 13.6 Å². The molecule has 0 unspecified atom stereocenters. The maximum atomic E-state index is 13.5. The van der Waals surface area contributed by atoms with Gasteiger partial charge in [-0.25, -0.2) is 13.8 Å². The molecule has 0 spiro atoms. The molecule has 0 aliphatic carbocycles. The minimum Gasteiger partial charge on any atom is -0.396 e. The van der Waals surface area contributed by atoms with E-state index in [1.165, 1.54) is 0 Å². The van der Waals surface area contributed by atoms with Crippen LogP contribution < -0.4 is 11.2 Å². The Balaban J connectivity index is 2.10. The van der Waals surface area contributed by atoms with Gasteiger partial charge in [-0.05, 0) is 18.9 Å². The van der Waals surface area contributed by atoms with Crippen molar-refractivity contribution in [2.75, 3.05) is 18.8 Å². The molecule has 4 nitrogen and oxygen atoms in total. The molecule has 98 valence electrons. The average Bonchev–Trinajstić information content (AvgIpc) is 2.35. The SMILES string of the molecule is Nc1cc(C(=O)NN2CCCCC2)c(F)cc1F. The highest BCUT2D eigenvalue weighted by Gasteiger charge is 2.18. The topological polar surface area (TPSA) is 58.4 Å². The summed E-state index contributed by atoms with van der Waals surface area (Å²) in [6.07, 6.45) is 3.12. The molecular formula is C12H15F2N3O. The van der Waals surface area contributed by atoms with Gasteiger partial charge >= 0.3 is 0 Å². The average molecular weight is 255 g/mol. The van der Waals surface area contributed by atoms with E-state index >= 15 is 0 Å². The predicted octanol–water partition coefficient (Wildman–Crippen LogP) is 1.68. The largest absolute Gasteiger partial charge is 0.396 e. The van der Waals surface area contributed by atoms with E-state index in [1.807, 2.05) is 0 Å². The minimum absolute atomic E-state index is 0.236. The number of piperidine rings is 1. The summed E-state index contributed by atoms with van der Waals surface area (Å²) in [6.45, 7) is 1.48. The Morgan fingerprint density at radius 2 is 1.83 bits per heavy atom. The molecule has 1 aromatic rings. The molecule has 1 amide bonds. The fourth-order valence-electron chi connectivity index (χ4n) is 1.95. The van der Waals surface area contributed by atoms with Gasteiger partial charge in [-0.15, -0.1) is 0 Å². The third-order valence-electron chi connectivity index (χ3n) is 2.95. The van der Waals surface area contributed by atoms with E-state index in [0.717, 1.165) is 38.4 Å². The Morgan fingerprint density at radius 1 is 1.17 bits per heavy atom. The van der Waals surface area contributed by atoms with Crippen LogP contribution in [0.3, 0.4) is 0 Å². The smallest absolute Gasteiger partial charge is 0.268 e. The number of hydrogen-bond donors (Lipinski definition) is 2. The van der Waals surface area contributed by atoms with Gasteiger partial charge in [0.05, 0.1) is 11.3 Å². The standard InChI is InChI=1S/C12H15F2N3O/c13-9-7-10(14)11(15)6-8(9)12(18)16-17-4-2-1-3-5-17/h6-7H,1-5,15H2,(H,16,18). The highest BCUT2D eigenvalue weighted by Crippen LogP contribution is 2.17. The van der Waals surface area contributed by atoms with E-state index in [-0.39, 0.29) is 11.3 Å². The van der Waals surface area contributed by atoms with Crippen LogP contribution in [-0.2, 0) is 0 Å². The number of hydrazine groups is 1. The molecule has 3 N–H and O–H groups in total. The van der Waals surface area contributed by atoms with Crippen LogP contribution in [0.15, 0.2) is 12.1 Å². The first-order chi connectivity index (χ1) is 8.58. The van der Waals surface area contributed by atoms with E-state index in [1.54, 1.807) is 5.01 Å². The Morgan fingerprint density at radius 3 is 2.50 bits per heavy atom. The van der Waals surface area contributed by atoms with Crippen LogP contribution in [-0.4, -0.2) is 24.0 Å². The van der Waals surface area contributed by atoms with Crippen molar-refractivity contribution in [2.24, 2.45) is 0 Å². The number of nitrogens with zero attached hydrogens (tertiary/aromatic N) is 1. The van der Waals surface area contributed by atoms with Gasteiger partial charge in [0, 0.05) is 19.2 Å². The Hall–Kier alpha value is -1.69. The molecule has 0 bridgehead atoms. The number of halogens is 2. The Labute approximate surface area is 104 Å². The number of rotatable bonds is 2. The molecule has 6 heteroatoms. The first-order valence-corrected chi connectivity index (χ1v) is 5.88. The number of nitrogens with one attached hydrogen (secondary N) is 1. The van der Waals surface area contributed by atoms with Crippen LogP contribution in [0, 0.1) is 11.6 Å². The number of carbonyl (C=O) groups excluding carboxylic acids is 1. The Bertz CT molecular complexity index is 459. The summed E-state index contributed by atoms with van der Waals surface area (Å²) in [6, 6.07) is 1.64. The van der Waals surface area contributed by atoms with Crippen molar-refractivity contribution in [3.63, 3.8) is 0 Å². The second-order valence-corrected chi connectivity index (χ2v) is 4.34. The summed E-state index contributed by atoms with van der Waals surface area (Å²) in [4.78, 5) is 11.8. The van der Waals surface area contributed by atoms with Crippen molar-refractivity contribution >= 4 is 11.6 Å². The molecule has 1 fully saturated rings. The minimum atomic E-state index is -0.906. The lowest BCUT2D eigenvalue weighted by Gasteiger charge is -2.26. The molecule has 1 aliphatic heterocycles. The first kappa shape index (κ1) is 12.8. The monoisotopic (exact) mass is 255 g/mol. The van der Waals surface area contributed by atoms with Gasteiger partial charge < -0.3 is 5.73 Å². The lowest BCUT2D eigenvalue weighted by Crippen LogP contribution is -2.45. The maximum absolute atomic E-state index is 13.5. The van der Waals surface area contributed by atoms with Crippen LogP contribution in [0.1, 0.15) is 29.6 Å². The molecule has 0 atom stereocenters. The zero-order valence-corrected chi connectivity index (χ0v) is 9.88. The van der Waals surface area contributed by atoms with E-state index in [2.05, 4.69) is 5.43 Å². The fraction of sp³-hybridized carbons (Fsp3) is 0.417. The van der Waals surface area contributed by atoms with Crippen molar-refractivity contribution in [3.8, 4) is 0 Å². The highest BCUT2D eigenvalue weighted by molar-refractivity contribution is 5.95. The summed E-state index contributed by atoms with van der Waals surface area (Å²) < 4.78 is 26.4. The van der Waals surface area contributed by atoms with Crippen LogP contribution in [0.4, 0.5) is 14.5 Å². The fourth-order valence-corrected chi connectivity index (χ4v) is 1.95. The third kappa shape index (κ3) is 2.76. The zero-order valence-electron chi connectivity index (χ0n) is 9.88. The summed E-state index contributed by atoms with van der Waals surface area (Å²) >= 11 is 0. The summed E-state index contributed by atoms with van der Waals surface area (Å²) in [5, 5.41) is 1.74. The molecule has 0 saturated carbocycles. The van der Waals surface area contributed by atoms with E-state index in [0.29, 0.717) is 6.07 Å². The molecule has 2 rings (SSSR count). The molecule has 1 heterocycles. The van der Waals surface area contributed by atoms with Crippen LogP contribution in [0.2, 0.25) is 0 Å². The number of carbonyl (C=O) groups is 1. The van der Waals surface area contributed by atoms with Crippen LogP contribution >= 0.6 is 0 Å². The number of nitrogens with two attached hydrogens (primary N) is 1. The summed E-state index contributed by atoms with van der Waals surface area (Å²) in [7, 11) is 0. The first-order valence-electron chi connectivity index (χ1n) is 5.88. The normalized spacial score (nSPS) is 16.6. The van der Waals surface area contributed by atoms with Crippen molar-refractivity contribution in [2.45, 2.75) is 19.3 Å².